The normalized spacial score (nSPS) is 21.1. The zero-order valence-electron chi connectivity index (χ0n) is 21.4. The number of amides is 2. The maximum absolute atomic E-state index is 13.3. The number of carbonyl (C=O) groups excluding carboxylic acids is 2. The highest BCUT2D eigenvalue weighted by atomic mass is 16.6. The van der Waals surface area contributed by atoms with E-state index in [2.05, 4.69) is 32.6 Å². The Bertz CT molecular complexity index is 1110. The third-order valence-electron chi connectivity index (χ3n) is 6.76. The molecule has 1 aliphatic heterocycles. The lowest BCUT2D eigenvalue weighted by Crippen LogP contribution is -2.41. The third kappa shape index (κ3) is 5.69. The van der Waals surface area contributed by atoms with Gasteiger partial charge in [0, 0.05) is 25.1 Å². The Labute approximate surface area is 212 Å². The maximum Gasteiger partial charge on any atom is 0.416 e. The second kappa shape index (κ2) is 10.7. The number of nitrogens with zero attached hydrogens (tertiary/aromatic N) is 3. The van der Waals surface area contributed by atoms with Crippen LogP contribution < -0.4 is 4.90 Å². The van der Waals surface area contributed by atoms with Crippen LogP contribution in [0, 0.1) is 27.9 Å². The van der Waals surface area contributed by atoms with Crippen LogP contribution in [0.5, 0.6) is 0 Å². The average molecular weight is 494 g/mol. The van der Waals surface area contributed by atoms with Crippen LogP contribution in [-0.4, -0.2) is 47.6 Å². The van der Waals surface area contributed by atoms with E-state index in [-0.39, 0.29) is 41.0 Å². The van der Waals surface area contributed by atoms with Crippen molar-refractivity contribution in [2.45, 2.75) is 52.5 Å². The summed E-state index contributed by atoms with van der Waals surface area (Å²) in [7, 11) is 0. The molecule has 2 aliphatic rings. The summed E-state index contributed by atoms with van der Waals surface area (Å²) in [4.78, 5) is 40.8. The molecule has 0 bridgehead atoms. The number of nitro groups is 1. The van der Waals surface area contributed by atoms with Crippen molar-refractivity contribution in [3.63, 3.8) is 0 Å². The zero-order chi connectivity index (χ0) is 26.0. The van der Waals surface area contributed by atoms with E-state index in [9.17, 15) is 19.7 Å². The van der Waals surface area contributed by atoms with Gasteiger partial charge in [-0.25, -0.2) is 9.69 Å². The number of rotatable bonds is 10. The quantitative estimate of drug-likeness (QED) is 0.325. The molecule has 8 heteroatoms. The Morgan fingerprint density at radius 3 is 2.39 bits per heavy atom. The number of ether oxygens (including phenoxy) is 1. The zero-order valence-corrected chi connectivity index (χ0v) is 21.4. The number of cyclic esters (lactones) is 1. The molecule has 2 aromatic carbocycles. The van der Waals surface area contributed by atoms with Gasteiger partial charge in [0.1, 0.15) is 12.3 Å². The summed E-state index contributed by atoms with van der Waals surface area (Å²) in [5.41, 5.74) is 2.48. The van der Waals surface area contributed by atoms with Crippen molar-refractivity contribution in [2.75, 3.05) is 24.6 Å². The number of hydrogen-bond acceptors (Lipinski definition) is 6. The van der Waals surface area contributed by atoms with Crippen molar-refractivity contribution in [2.24, 2.45) is 17.8 Å². The van der Waals surface area contributed by atoms with Crippen LogP contribution in [0.3, 0.4) is 0 Å². The molecule has 4 rings (SSSR count). The number of nitro benzene ring substituents is 1. The molecule has 2 aromatic rings. The van der Waals surface area contributed by atoms with Crippen LogP contribution >= 0.6 is 0 Å². The molecule has 3 atom stereocenters. The predicted molar refractivity (Wildman–Crippen MR) is 138 cm³/mol. The highest BCUT2D eigenvalue weighted by molar-refractivity contribution is 5.96. The molecule has 1 unspecified atom stereocenters. The van der Waals surface area contributed by atoms with E-state index in [0.29, 0.717) is 30.4 Å². The van der Waals surface area contributed by atoms with Crippen LogP contribution in [0.25, 0.3) is 0 Å². The summed E-state index contributed by atoms with van der Waals surface area (Å²) >= 11 is 0. The lowest BCUT2D eigenvalue weighted by molar-refractivity contribution is -0.384. The van der Waals surface area contributed by atoms with E-state index < -0.39 is 6.09 Å². The molecule has 0 N–H and O–H groups in total. The number of hydrogen-bond donors (Lipinski definition) is 0. The molecule has 36 heavy (non-hydrogen) atoms. The smallest absolute Gasteiger partial charge is 0.416 e. The van der Waals surface area contributed by atoms with Gasteiger partial charge in [-0.2, -0.15) is 0 Å². The van der Waals surface area contributed by atoms with Gasteiger partial charge < -0.3 is 9.64 Å². The molecular formula is C28H35N3O5. The van der Waals surface area contributed by atoms with E-state index >= 15 is 0 Å². The van der Waals surface area contributed by atoms with Gasteiger partial charge in [-0.05, 0) is 47.8 Å². The minimum atomic E-state index is -0.606. The first kappa shape index (κ1) is 25.7. The Balaban J connectivity index is 1.52. The molecular weight excluding hydrogens is 458 g/mol. The van der Waals surface area contributed by atoms with E-state index in [1.54, 1.807) is 6.07 Å². The van der Waals surface area contributed by atoms with Crippen LogP contribution in [0.4, 0.5) is 16.2 Å². The maximum atomic E-state index is 13.3. The van der Waals surface area contributed by atoms with Crippen LogP contribution in [0.1, 0.15) is 51.2 Å². The molecule has 192 valence electrons. The number of benzene rings is 2. The molecule has 2 fully saturated rings. The molecule has 0 aromatic heterocycles. The van der Waals surface area contributed by atoms with Crippen molar-refractivity contribution in [1.29, 1.82) is 0 Å². The van der Waals surface area contributed by atoms with Crippen molar-refractivity contribution < 1.29 is 19.2 Å². The fourth-order valence-corrected chi connectivity index (χ4v) is 5.12. The highest BCUT2D eigenvalue weighted by Crippen LogP contribution is 2.50. The number of anilines is 1. The van der Waals surface area contributed by atoms with Crippen molar-refractivity contribution in [3.8, 4) is 0 Å². The minimum absolute atomic E-state index is 0.0643. The average Bonchev–Trinajstić information content (AvgIpc) is 3.55. The predicted octanol–water partition coefficient (Wildman–Crippen LogP) is 5.41. The van der Waals surface area contributed by atoms with Gasteiger partial charge in [-0.15, -0.1) is 0 Å². The minimum Gasteiger partial charge on any atom is -0.447 e. The summed E-state index contributed by atoms with van der Waals surface area (Å²) in [5.74, 6) is -0.0482. The Morgan fingerprint density at radius 1 is 1.11 bits per heavy atom. The summed E-state index contributed by atoms with van der Waals surface area (Å²) < 4.78 is 5.22. The van der Waals surface area contributed by atoms with Gasteiger partial charge in [0.15, 0.2) is 0 Å². The number of imide groups is 1. The Morgan fingerprint density at radius 2 is 1.78 bits per heavy atom. The van der Waals surface area contributed by atoms with Crippen molar-refractivity contribution in [3.05, 3.63) is 69.8 Å². The molecule has 0 spiro atoms. The first-order chi connectivity index (χ1) is 17.2. The van der Waals surface area contributed by atoms with Gasteiger partial charge in [-0.3, -0.25) is 14.9 Å². The van der Waals surface area contributed by atoms with Gasteiger partial charge in [-0.1, -0.05) is 64.1 Å². The van der Waals surface area contributed by atoms with Crippen LogP contribution in [-0.2, 0) is 16.0 Å². The molecule has 1 heterocycles. The Kier molecular flexibility index (Phi) is 7.62. The van der Waals surface area contributed by atoms with Gasteiger partial charge in [0.05, 0.1) is 11.0 Å². The third-order valence-corrected chi connectivity index (χ3v) is 6.76. The monoisotopic (exact) mass is 493 g/mol. The number of carbonyl (C=O) groups is 2. The van der Waals surface area contributed by atoms with E-state index in [0.717, 1.165) is 24.2 Å². The van der Waals surface area contributed by atoms with E-state index in [1.807, 2.05) is 42.5 Å². The van der Waals surface area contributed by atoms with E-state index in [4.69, 9.17) is 4.74 Å². The van der Waals surface area contributed by atoms with Gasteiger partial charge >= 0.3 is 6.09 Å². The lowest BCUT2D eigenvalue weighted by atomic mass is 10.0. The first-order valence-electron chi connectivity index (χ1n) is 12.7. The van der Waals surface area contributed by atoms with Crippen LogP contribution in [0.15, 0.2) is 48.5 Å². The van der Waals surface area contributed by atoms with Gasteiger partial charge in [0.2, 0.25) is 5.91 Å². The summed E-state index contributed by atoms with van der Waals surface area (Å²) in [5, 5.41) is 12.0. The summed E-state index contributed by atoms with van der Waals surface area (Å²) in [6.45, 7) is 10.0. The largest absolute Gasteiger partial charge is 0.447 e. The van der Waals surface area contributed by atoms with Gasteiger partial charge in [0.25, 0.3) is 5.69 Å². The van der Waals surface area contributed by atoms with E-state index in [1.165, 1.54) is 4.90 Å². The topological polar surface area (TPSA) is 93.0 Å². The fraction of sp³-hybridized carbons (Fsp3) is 0.500. The second-order valence-corrected chi connectivity index (χ2v) is 10.8. The Hall–Kier alpha value is -3.42. The molecule has 1 saturated carbocycles. The molecule has 1 aliphatic carbocycles. The first-order valence-corrected chi connectivity index (χ1v) is 12.7. The van der Waals surface area contributed by atoms with Crippen molar-refractivity contribution in [1.82, 2.24) is 4.90 Å². The second-order valence-electron chi connectivity index (χ2n) is 10.8. The molecule has 0 radical (unpaired) electrons. The molecule has 8 nitrogen and oxygen atoms in total. The molecule has 1 saturated heterocycles. The van der Waals surface area contributed by atoms with Crippen molar-refractivity contribution >= 4 is 23.4 Å². The van der Waals surface area contributed by atoms with Crippen LogP contribution in [0.2, 0.25) is 0 Å². The summed E-state index contributed by atoms with van der Waals surface area (Å²) in [6, 6.07) is 14.7. The fourth-order valence-electron chi connectivity index (χ4n) is 5.12. The SMILES string of the molecule is CC(C)CN(CC(C)C)c1ccc([C@H]2C[C@H]2C(=O)N2C(=O)OCC2Cc2ccccc2)cc1[N+](=O)[O-]. The standard InChI is InChI=1S/C28H35N3O5/c1-18(2)15-29(16-19(3)4)25-11-10-21(13-26(25)31(34)35)23-14-24(23)27(32)30-22(17-36-28(30)33)12-20-8-6-5-7-9-20/h5-11,13,18-19,22-24H,12,14-17H2,1-4H3/t22?,23-,24-/m1/s1. The summed E-state index contributed by atoms with van der Waals surface area (Å²) in [6.07, 6.45) is 0.502. The highest BCUT2D eigenvalue weighted by Gasteiger charge is 2.51. The lowest BCUT2D eigenvalue weighted by Gasteiger charge is -2.28. The molecule has 2 amide bonds.